The smallest absolute Gasteiger partial charge is 0.220 e. The van der Waals surface area contributed by atoms with Crippen LogP contribution in [0.1, 0.15) is 251 Å². The Kier molecular flexibility index (Phi) is 55.9. The van der Waals surface area contributed by atoms with Gasteiger partial charge < -0.3 is 40.3 Å². The fraction of sp³-hybridized carbons (Fsp3) is 0.658. The van der Waals surface area contributed by atoms with E-state index < -0.39 is 49.5 Å². The van der Waals surface area contributed by atoms with Crippen LogP contribution in [0.25, 0.3) is 0 Å². The maximum absolute atomic E-state index is 13.1. The molecule has 7 atom stereocenters. The first-order chi connectivity index (χ1) is 40.3. The zero-order valence-corrected chi connectivity index (χ0v) is 51.9. The molecule has 9 nitrogen and oxygen atoms in total. The highest BCUT2D eigenvalue weighted by atomic mass is 16.7. The number of carbonyl (C=O) groups is 1. The van der Waals surface area contributed by atoms with Crippen molar-refractivity contribution in [2.75, 3.05) is 13.2 Å². The summed E-state index contributed by atoms with van der Waals surface area (Å²) < 4.78 is 11.3. The largest absolute Gasteiger partial charge is 0.394 e. The van der Waals surface area contributed by atoms with Crippen LogP contribution in [0, 0.1) is 0 Å². The minimum absolute atomic E-state index is 0.196. The molecule has 0 aliphatic carbocycles. The van der Waals surface area contributed by atoms with Crippen LogP contribution in [0.15, 0.2) is 146 Å². The molecule has 0 radical (unpaired) electrons. The fourth-order valence-corrected chi connectivity index (χ4v) is 9.49. The molecule has 7 unspecified atom stereocenters. The summed E-state index contributed by atoms with van der Waals surface area (Å²) in [5, 5.41) is 54.6. The van der Waals surface area contributed by atoms with Crippen molar-refractivity contribution in [3.8, 4) is 0 Å². The number of aliphatic hydroxyl groups is 5. The summed E-state index contributed by atoms with van der Waals surface area (Å²) in [5.41, 5.74) is 0. The summed E-state index contributed by atoms with van der Waals surface area (Å²) in [5.74, 6) is -0.196. The Balaban J connectivity index is 2.16. The van der Waals surface area contributed by atoms with Gasteiger partial charge in [-0.2, -0.15) is 0 Å². The summed E-state index contributed by atoms with van der Waals surface area (Å²) >= 11 is 0. The lowest BCUT2D eigenvalue weighted by atomic mass is 9.99. The van der Waals surface area contributed by atoms with E-state index in [4.69, 9.17) is 9.47 Å². The van der Waals surface area contributed by atoms with E-state index in [1.54, 1.807) is 6.08 Å². The van der Waals surface area contributed by atoms with E-state index in [9.17, 15) is 30.3 Å². The van der Waals surface area contributed by atoms with Crippen LogP contribution < -0.4 is 5.32 Å². The van der Waals surface area contributed by atoms with Gasteiger partial charge >= 0.3 is 0 Å². The lowest BCUT2D eigenvalue weighted by Gasteiger charge is -2.40. The fourth-order valence-electron chi connectivity index (χ4n) is 9.49. The second-order valence-corrected chi connectivity index (χ2v) is 22.2. The topological polar surface area (TPSA) is 149 Å². The van der Waals surface area contributed by atoms with E-state index >= 15 is 0 Å². The number of nitrogens with one attached hydrogen (secondary N) is 1. The molecule has 0 spiro atoms. The summed E-state index contributed by atoms with van der Waals surface area (Å²) in [6.45, 7) is 3.65. The van der Waals surface area contributed by atoms with Gasteiger partial charge in [-0.25, -0.2) is 0 Å². The number of carbonyl (C=O) groups excluding carboxylic acids is 1. The number of hydrogen-bond donors (Lipinski definition) is 6. The van der Waals surface area contributed by atoms with Crippen molar-refractivity contribution in [1.29, 1.82) is 0 Å². The maximum atomic E-state index is 13.1. The number of hydrogen-bond acceptors (Lipinski definition) is 8. The standard InChI is InChI=1S/C73H121NO8/c1-3-5-7-9-11-13-15-17-19-21-23-24-25-26-27-28-29-30-31-32-33-34-35-36-37-38-39-40-41-42-43-44-45-47-49-51-53-55-57-59-61-63-69(77)74-66(65-81-73-72(80)71(79)70(78)68(64-75)82-73)67(76)62-60-58-56-54-52-50-48-46-22-20-18-16-14-12-10-8-6-4-2/h5,7,11,13,17,19,23-24,26-27,29-30,32-33,35-36,38-39,41-42,52,54,60,62,66-68,70-73,75-76,78-80H,3-4,6,8-10,12,14-16,18,20-22,25,28,31,34,37,40,43-51,53,55-59,61,63-65H2,1-2H3,(H,74,77)/b7-5-,13-11-,19-17-,24-23-,27-26-,30-29-,33-32-,36-35-,39-38-,42-41-,54-52+,62-60+. The lowest BCUT2D eigenvalue weighted by Crippen LogP contribution is -2.60. The first-order valence-electron chi connectivity index (χ1n) is 33.1. The molecule has 0 aromatic carbocycles. The van der Waals surface area contributed by atoms with E-state index in [-0.39, 0.29) is 12.5 Å². The number of rotatable bonds is 55. The first-order valence-corrected chi connectivity index (χ1v) is 33.1. The van der Waals surface area contributed by atoms with Crippen LogP contribution in [-0.4, -0.2) is 87.5 Å². The zero-order valence-electron chi connectivity index (χ0n) is 51.9. The van der Waals surface area contributed by atoms with Crippen LogP contribution in [0.3, 0.4) is 0 Å². The third-order valence-corrected chi connectivity index (χ3v) is 14.6. The summed E-state index contributed by atoms with van der Waals surface area (Å²) in [6, 6.07) is -0.834. The van der Waals surface area contributed by atoms with Crippen LogP contribution >= 0.6 is 0 Å². The average Bonchev–Trinajstić information content (AvgIpc) is 3.57. The third kappa shape index (κ3) is 48.4. The Hall–Kier alpha value is -3.93. The molecule has 0 bridgehead atoms. The SMILES string of the molecule is CC/C=C\C/C=C\C/C=C\C/C=C\C/C=C\C/C=C\C/C=C\C/C=C\C/C=C\C/C=C\CCCCCCCCCCCCC(=O)NC(COC1OC(CO)C(O)C(O)C1O)C(O)/C=C/CC/C=C/CCCCCCCCCCCCCC. The molecule has 1 aliphatic heterocycles. The van der Waals surface area contributed by atoms with E-state index in [0.29, 0.717) is 6.42 Å². The zero-order chi connectivity index (χ0) is 59.3. The third-order valence-electron chi connectivity index (χ3n) is 14.6. The summed E-state index contributed by atoms with van der Waals surface area (Å²) in [7, 11) is 0. The molecule has 82 heavy (non-hydrogen) atoms. The van der Waals surface area contributed by atoms with E-state index in [1.807, 2.05) is 6.08 Å². The number of aliphatic hydroxyl groups excluding tert-OH is 5. The van der Waals surface area contributed by atoms with Gasteiger partial charge in [0.15, 0.2) is 6.29 Å². The summed E-state index contributed by atoms with van der Waals surface area (Å²) in [6.07, 6.45) is 86.4. The molecular weight excluding hydrogens is 1020 g/mol. The second kappa shape index (κ2) is 60.2. The van der Waals surface area contributed by atoms with Gasteiger partial charge in [0.2, 0.25) is 5.91 Å². The van der Waals surface area contributed by atoms with Gasteiger partial charge in [-0.05, 0) is 109 Å². The Morgan fingerprint density at radius 2 is 0.768 bits per heavy atom. The van der Waals surface area contributed by atoms with E-state index in [2.05, 4.69) is 153 Å². The van der Waals surface area contributed by atoms with Gasteiger partial charge in [-0.15, -0.1) is 0 Å². The molecule has 0 aromatic heterocycles. The van der Waals surface area contributed by atoms with Crippen LogP contribution in [-0.2, 0) is 14.3 Å². The van der Waals surface area contributed by atoms with Crippen molar-refractivity contribution in [3.63, 3.8) is 0 Å². The van der Waals surface area contributed by atoms with Gasteiger partial charge in [0.05, 0.1) is 25.4 Å². The Morgan fingerprint density at radius 1 is 0.427 bits per heavy atom. The van der Waals surface area contributed by atoms with Gasteiger partial charge in [0.25, 0.3) is 0 Å². The van der Waals surface area contributed by atoms with Crippen molar-refractivity contribution in [1.82, 2.24) is 5.32 Å². The highest BCUT2D eigenvalue weighted by Gasteiger charge is 2.44. The van der Waals surface area contributed by atoms with Crippen molar-refractivity contribution >= 4 is 5.91 Å². The molecule has 1 rings (SSSR count). The average molecular weight is 1140 g/mol. The van der Waals surface area contributed by atoms with Crippen LogP contribution in [0.5, 0.6) is 0 Å². The number of unbranched alkanes of at least 4 members (excludes halogenated alkanes) is 23. The molecule has 466 valence electrons. The molecule has 9 heteroatoms. The van der Waals surface area contributed by atoms with Gasteiger partial charge in [0, 0.05) is 6.42 Å². The van der Waals surface area contributed by atoms with Gasteiger partial charge in [0.1, 0.15) is 24.4 Å². The van der Waals surface area contributed by atoms with E-state index in [1.165, 1.54) is 116 Å². The molecule has 6 N–H and O–H groups in total. The van der Waals surface area contributed by atoms with Crippen molar-refractivity contribution < 1.29 is 39.8 Å². The highest BCUT2D eigenvalue weighted by molar-refractivity contribution is 5.76. The molecule has 1 heterocycles. The predicted molar refractivity (Wildman–Crippen MR) is 350 cm³/mol. The minimum atomic E-state index is -1.58. The van der Waals surface area contributed by atoms with Gasteiger partial charge in [-0.1, -0.05) is 282 Å². The molecule has 1 amide bonds. The lowest BCUT2D eigenvalue weighted by molar-refractivity contribution is -0.302. The molecule has 1 aliphatic rings. The van der Waals surface area contributed by atoms with Crippen LogP contribution in [0.4, 0.5) is 0 Å². The molecular formula is C73H121NO8. The Morgan fingerprint density at radius 3 is 1.17 bits per heavy atom. The minimum Gasteiger partial charge on any atom is -0.394 e. The molecule has 0 saturated carbocycles. The Labute approximate surface area is 502 Å². The van der Waals surface area contributed by atoms with Gasteiger partial charge in [-0.3, -0.25) is 4.79 Å². The quantitative estimate of drug-likeness (QED) is 0.0261. The normalized spacial score (nSPS) is 19.3. The van der Waals surface area contributed by atoms with Crippen molar-refractivity contribution in [3.05, 3.63) is 146 Å². The monoisotopic (exact) mass is 1140 g/mol. The predicted octanol–water partition coefficient (Wildman–Crippen LogP) is 17.8. The maximum Gasteiger partial charge on any atom is 0.220 e. The second-order valence-electron chi connectivity index (χ2n) is 22.2. The number of allylic oxidation sites excluding steroid dienone is 23. The van der Waals surface area contributed by atoms with Crippen LogP contribution in [0.2, 0.25) is 0 Å². The molecule has 1 fully saturated rings. The highest BCUT2D eigenvalue weighted by Crippen LogP contribution is 2.23. The molecule has 0 aromatic rings. The Bertz CT molecular complexity index is 1800. The van der Waals surface area contributed by atoms with Crippen molar-refractivity contribution in [2.24, 2.45) is 0 Å². The first kappa shape index (κ1) is 76.1. The summed E-state index contributed by atoms with van der Waals surface area (Å²) in [4.78, 5) is 13.1. The molecule has 1 saturated heterocycles. The number of amides is 1. The van der Waals surface area contributed by atoms with E-state index in [0.717, 1.165) is 116 Å². The van der Waals surface area contributed by atoms with Crippen molar-refractivity contribution in [2.45, 2.75) is 294 Å². The number of ether oxygens (including phenoxy) is 2.